The van der Waals surface area contributed by atoms with Crippen LogP contribution in [0.4, 0.5) is 0 Å². The van der Waals surface area contributed by atoms with Crippen LogP contribution in [-0.4, -0.2) is 5.75 Å². The van der Waals surface area contributed by atoms with Crippen LogP contribution in [0.15, 0.2) is 11.6 Å². The van der Waals surface area contributed by atoms with Gasteiger partial charge in [-0.05, 0) is 86.7 Å². The molecule has 0 aromatic carbocycles. The lowest BCUT2D eigenvalue weighted by Crippen LogP contribution is -2.50. The number of rotatable bonds is 1. The Labute approximate surface area is 130 Å². The summed E-state index contributed by atoms with van der Waals surface area (Å²) in [6, 6.07) is 0. The summed E-state index contributed by atoms with van der Waals surface area (Å²) >= 11 is 4.87. The predicted octanol–water partition coefficient (Wildman–Crippen LogP) is 5.64. The highest BCUT2D eigenvalue weighted by molar-refractivity contribution is 7.80. The molecule has 0 radical (unpaired) electrons. The van der Waals surface area contributed by atoms with Gasteiger partial charge in [-0.25, -0.2) is 0 Å². The van der Waals surface area contributed by atoms with Crippen LogP contribution in [0.25, 0.3) is 0 Å². The van der Waals surface area contributed by atoms with Crippen molar-refractivity contribution in [2.24, 2.45) is 28.6 Å². The second-order valence-electron chi connectivity index (χ2n) is 8.44. The summed E-state index contributed by atoms with van der Waals surface area (Å²) in [5, 5.41) is 0. The fraction of sp³-hybridized carbons (Fsp3) is 0.895. The maximum Gasteiger partial charge on any atom is 0.00310 e. The molecular formula is C19H30S. The average Bonchev–Trinajstić information content (AvgIpc) is 2.88. The normalized spacial score (nSPS) is 50.9. The van der Waals surface area contributed by atoms with Gasteiger partial charge in [0.15, 0.2) is 0 Å². The van der Waals surface area contributed by atoms with E-state index in [1.807, 2.05) is 5.57 Å². The first-order chi connectivity index (χ1) is 9.70. The van der Waals surface area contributed by atoms with E-state index >= 15 is 0 Å². The van der Waals surface area contributed by atoms with Crippen molar-refractivity contribution in [2.45, 2.75) is 71.1 Å². The number of fused-ring (bicyclic) bond motifs is 5. The van der Waals surface area contributed by atoms with E-state index < -0.39 is 0 Å². The molecule has 0 aromatic rings. The number of thiol groups is 1. The monoisotopic (exact) mass is 290 g/mol. The SMILES string of the molecule is C[C@@]12CCC[C@H]1[C@@H]1CCC3=CCCC[C@]3(CS)[C@H]1CC2. The molecule has 0 heterocycles. The summed E-state index contributed by atoms with van der Waals surface area (Å²) in [7, 11) is 0. The lowest BCUT2D eigenvalue weighted by molar-refractivity contribution is -0.0340. The molecule has 5 atom stereocenters. The third-order valence-electron chi connectivity index (χ3n) is 7.81. The molecule has 3 saturated carbocycles. The van der Waals surface area contributed by atoms with Gasteiger partial charge in [-0.3, -0.25) is 0 Å². The topological polar surface area (TPSA) is 0 Å². The van der Waals surface area contributed by atoms with Crippen molar-refractivity contribution in [3.63, 3.8) is 0 Å². The average molecular weight is 291 g/mol. The maximum atomic E-state index is 4.87. The first kappa shape index (κ1) is 13.7. The van der Waals surface area contributed by atoms with E-state index in [-0.39, 0.29) is 0 Å². The fourth-order valence-electron chi connectivity index (χ4n) is 6.82. The van der Waals surface area contributed by atoms with E-state index in [0.29, 0.717) is 10.8 Å². The summed E-state index contributed by atoms with van der Waals surface area (Å²) in [5.74, 6) is 4.15. The van der Waals surface area contributed by atoms with E-state index in [9.17, 15) is 0 Å². The van der Waals surface area contributed by atoms with Gasteiger partial charge in [0.2, 0.25) is 0 Å². The van der Waals surface area contributed by atoms with Crippen molar-refractivity contribution in [3.05, 3.63) is 11.6 Å². The quantitative estimate of drug-likeness (QED) is 0.469. The molecule has 4 aliphatic rings. The van der Waals surface area contributed by atoms with Crippen molar-refractivity contribution >= 4 is 12.6 Å². The van der Waals surface area contributed by atoms with Gasteiger partial charge in [0.25, 0.3) is 0 Å². The molecule has 0 bridgehead atoms. The van der Waals surface area contributed by atoms with Crippen molar-refractivity contribution in [1.29, 1.82) is 0 Å². The zero-order chi connectivity index (χ0) is 13.8. The molecule has 0 N–H and O–H groups in total. The van der Waals surface area contributed by atoms with Gasteiger partial charge in [-0.1, -0.05) is 25.0 Å². The standard InChI is InChI=1S/C19H30S/c1-18-10-4-6-16(18)15-8-7-14-5-2-3-11-19(14,13-20)17(15)9-12-18/h5,15-17,20H,2-4,6-13H2,1H3/t15-,16-,17-,18-,19+/m0/s1. The highest BCUT2D eigenvalue weighted by Crippen LogP contribution is 2.65. The second-order valence-corrected chi connectivity index (χ2v) is 8.75. The molecule has 0 spiro atoms. The van der Waals surface area contributed by atoms with Gasteiger partial charge in [0, 0.05) is 5.41 Å². The Bertz CT molecular complexity index is 425. The van der Waals surface area contributed by atoms with Gasteiger partial charge in [0.1, 0.15) is 0 Å². The number of hydrogen-bond donors (Lipinski definition) is 1. The van der Waals surface area contributed by atoms with E-state index in [1.165, 1.54) is 64.2 Å². The zero-order valence-electron chi connectivity index (χ0n) is 13.0. The van der Waals surface area contributed by atoms with Crippen molar-refractivity contribution in [2.75, 3.05) is 5.75 Å². The van der Waals surface area contributed by atoms with Crippen molar-refractivity contribution in [3.8, 4) is 0 Å². The number of hydrogen-bond acceptors (Lipinski definition) is 1. The molecule has 0 amide bonds. The molecule has 0 aromatic heterocycles. The van der Waals surface area contributed by atoms with Crippen LogP contribution in [0, 0.1) is 28.6 Å². The molecule has 3 fully saturated rings. The van der Waals surface area contributed by atoms with Gasteiger partial charge in [-0.2, -0.15) is 12.6 Å². The van der Waals surface area contributed by atoms with Gasteiger partial charge in [0.05, 0.1) is 0 Å². The highest BCUT2D eigenvalue weighted by Gasteiger charge is 2.56. The van der Waals surface area contributed by atoms with Crippen LogP contribution in [-0.2, 0) is 0 Å². The van der Waals surface area contributed by atoms with E-state index in [2.05, 4.69) is 13.0 Å². The van der Waals surface area contributed by atoms with Crippen molar-refractivity contribution < 1.29 is 0 Å². The minimum atomic E-state index is 0.508. The van der Waals surface area contributed by atoms with Gasteiger partial charge >= 0.3 is 0 Å². The molecule has 0 saturated heterocycles. The minimum Gasteiger partial charge on any atom is -0.178 e. The predicted molar refractivity (Wildman–Crippen MR) is 89.1 cm³/mol. The second kappa shape index (κ2) is 4.80. The van der Waals surface area contributed by atoms with E-state index in [4.69, 9.17) is 12.6 Å². The maximum absolute atomic E-state index is 4.87. The summed E-state index contributed by atoms with van der Waals surface area (Å²) in [6.07, 6.45) is 17.2. The Hall–Kier alpha value is 0.0900. The molecule has 0 unspecified atom stereocenters. The van der Waals surface area contributed by atoms with Crippen LogP contribution < -0.4 is 0 Å². The Morgan fingerprint density at radius 3 is 2.85 bits per heavy atom. The van der Waals surface area contributed by atoms with Gasteiger partial charge in [-0.15, -0.1) is 0 Å². The van der Waals surface area contributed by atoms with Crippen molar-refractivity contribution in [1.82, 2.24) is 0 Å². The summed E-state index contributed by atoms with van der Waals surface area (Å²) in [5.41, 5.74) is 3.03. The summed E-state index contributed by atoms with van der Waals surface area (Å²) < 4.78 is 0. The molecule has 112 valence electrons. The summed E-state index contributed by atoms with van der Waals surface area (Å²) in [6.45, 7) is 2.61. The first-order valence-corrected chi connectivity index (χ1v) is 9.63. The molecule has 0 nitrogen and oxygen atoms in total. The fourth-order valence-corrected chi connectivity index (χ4v) is 7.42. The van der Waals surface area contributed by atoms with E-state index in [0.717, 1.165) is 23.5 Å². The Morgan fingerprint density at radius 2 is 2.00 bits per heavy atom. The number of allylic oxidation sites excluding steroid dienone is 2. The molecule has 4 rings (SSSR count). The molecular weight excluding hydrogens is 260 g/mol. The lowest BCUT2D eigenvalue weighted by Gasteiger charge is -2.58. The zero-order valence-corrected chi connectivity index (χ0v) is 13.9. The molecule has 0 aliphatic heterocycles. The van der Waals surface area contributed by atoms with Crippen LogP contribution >= 0.6 is 12.6 Å². The minimum absolute atomic E-state index is 0.508. The van der Waals surface area contributed by atoms with Crippen LogP contribution in [0.2, 0.25) is 0 Å². The Balaban J connectivity index is 1.71. The third kappa shape index (κ3) is 1.74. The molecule has 1 heteroatoms. The van der Waals surface area contributed by atoms with Crippen LogP contribution in [0.5, 0.6) is 0 Å². The third-order valence-corrected chi connectivity index (χ3v) is 8.38. The van der Waals surface area contributed by atoms with Crippen LogP contribution in [0.1, 0.15) is 71.1 Å². The highest BCUT2D eigenvalue weighted by atomic mass is 32.1. The smallest absolute Gasteiger partial charge is 0.00310 e. The molecule has 20 heavy (non-hydrogen) atoms. The summed E-state index contributed by atoms with van der Waals surface area (Å²) in [4.78, 5) is 0. The Morgan fingerprint density at radius 1 is 1.10 bits per heavy atom. The largest absolute Gasteiger partial charge is 0.178 e. The van der Waals surface area contributed by atoms with Crippen LogP contribution in [0.3, 0.4) is 0 Å². The van der Waals surface area contributed by atoms with Gasteiger partial charge < -0.3 is 0 Å². The Kier molecular flexibility index (Phi) is 3.29. The van der Waals surface area contributed by atoms with E-state index in [1.54, 1.807) is 0 Å². The first-order valence-electron chi connectivity index (χ1n) is 9.00. The lowest BCUT2D eigenvalue weighted by atomic mass is 9.47. The molecule has 4 aliphatic carbocycles.